The van der Waals surface area contributed by atoms with Gasteiger partial charge in [0.1, 0.15) is 11.8 Å². The summed E-state index contributed by atoms with van der Waals surface area (Å²) in [6.45, 7) is 0. The van der Waals surface area contributed by atoms with Crippen molar-refractivity contribution in [3.05, 3.63) is 59.7 Å². The van der Waals surface area contributed by atoms with Crippen LogP contribution in [-0.4, -0.2) is 32.0 Å². The van der Waals surface area contributed by atoms with Crippen molar-refractivity contribution < 1.29 is 14.3 Å². The summed E-state index contributed by atoms with van der Waals surface area (Å²) in [4.78, 5) is 26.7. The molecule has 3 rings (SSSR count). The number of carbonyl (C=O) groups excluding carboxylic acids is 2. The molecule has 0 spiro atoms. The van der Waals surface area contributed by atoms with E-state index in [1.54, 1.807) is 19.1 Å². The lowest BCUT2D eigenvalue weighted by molar-refractivity contribution is -0.125. The first-order valence-electron chi connectivity index (χ1n) is 8.38. The monoisotopic (exact) mass is 338 g/mol. The Labute approximate surface area is 147 Å². The van der Waals surface area contributed by atoms with Crippen molar-refractivity contribution in [3.8, 4) is 5.75 Å². The number of carbonyl (C=O) groups is 2. The molecule has 1 heterocycles. The van der Waals surface area contributed by atoms with Crippen LogP contribution in [0.25, 0.3) is 0 Å². The Balaban J connectivity index is 1.75. The van der Waals surface area contributed by atoms with Gasteiger partial charge in [-0.2, -0.15) is 0 Å². The lowest BCUT2D eigenvalue weighted by Gasteiger charge is -2.24. The summed E-state index contributed by atoms with van der Waals surface area (Å²) in [5.74, 6) is 0.631. The van der Waals surface area contributed by atoms with Crippen LogP contribution in [0, 0.1) is 0 Å². The maximum absolute atomic E-state index is 12.9. The highest BCUT2D eigenvalue weighted by Gasteiger charge is 2.37. The molecule has 130 valence electrons. The predicted octanol–water partition coefficient (Wildman–Crippen LogP) is 2.33. The summed E-state index contributed by atoms with van der Waals surface area (Å²) in [5.41, 5.74) is 2.95. The predicted molar refractivity (Wildman–Crippen MR) is 96.8 cm³/mol. The molecular weight excluding hydrogens is 316 g/mol. The largest absolute Gasteiger partial charge is 0.497 e. The minimum Gasteiger partial charge on any atom is -0.497 e. The molecular formula is C20H22N2O3. The minimum atomic E-state index is -0.467. The average molecular weight is 338 g/mol. The van der Waals surface area contributed by atoms with E-state index in [1.807, 2.05) is 48.5 Å². The van der Waals surface area contributed by atoms with Crippen LogP contribution in [-0.2, 0) is 22.4 Å². The average Bonchev–Trinajstić information content (AvgIpc) is 3.05. The topological polar surface area (TPSA) is 58.6 Å². The van der Waals surface area contributed by atoms with Crippen molar-refractivity contribution in [1.82, 2.24) is 5.32 Å². The highest BCUT2D eigenvalue weighted by atomic mass is 16.5. The molecule has 0 saturated heterocycles. The number of rotatable bonds is 5. The first kappa shape index (κ1) is 17.0. The number of likely N-dealkylation sites (N-methyl/N-ethyl adjacent to an activating group) is 1. The third-order valence-corrected chi connectivity index (χ3v) is 4.58. The first-order chi connectivity index (χ1) is 12.1. The molecule has 1 aliphatic heterocycles. The van der Waals surface area contributed by atoms with Gasteiger partial charge in [0.2, 0.25) is 11.8 Å². The van der Waals surface area contributed by atoms with E-state index < -0.39 is 6.04 Å². The third kappa shape index (κ3) is 3.50. The van der Waals surface area contributed by atoms with Gasteiger partial charge in [-0.1, -0.05) is 30.3 Å². The standard InChI is InChI=1S/C20H22N2O3/c1-21-20(24)18-13-15-5-3-4-6-17(15)22(18)19(23)12-9-14-7-10-16(25-2)11-8-14/h3-8,10-11,18H,9,12-13H2,1-2H3,(H,21,24)/t18-/m0/s1. The molecule has 0 fully saturated rings. The number of amides is 2. The summed E-state index contributed by atoms with van der Waals surface area (Å²) in [5, 5.41) is 2.67. The summed E-state index contributed by atoms with van der Waals surface area (Å²) in [6, 6.07) is 14.9. The van der Waals surface area contributed by atoms with Gasteiger partial charge < -0.3 is 10.1 Å². The van der Waals surface area contributed by atoms with E-state index in [0.717, 1.165) is 22.6 Å². The fourth-order valence-electron chi connectivity index (χ4n) is 3.23. The van der Waals surface area contributed by atoms with Gasteiger partial charge in [-0.25, -0.2) is 0 Å². The molecule has 2 aromatic rings. The molecule has 1 N–H and O–H groups in total. The normalized spacial score (nSPS) is 15.6. The quantitative estimate of drug-likeness (QED) is 0.910. The third-order valence-electron chi connectivity index (χ3n) is 4.58. The lowest BCUT2D eigenvalue weighted by atomic mass is 10.1. The number of benzene rings is 2. The number of nitrogens with zero attached hydrogens (tertiary/aromatic N) is 1. The first-order valence-corrected chi connectivity index (χ1v) is 8.38. The second-order valence-electron chi connectivity index (χ2n) is 6.07. The Morgan fingerprint density at radius 1 is 1.16 bits per heavy atom. The second kappa shape index (κ2) is 7.38. The van der Waals surface area contributed by atoms with Crippen molar-refractivity contribution >= 4 is 17.5 Å². The van der Waals surface area contributed by atoms with Crippen LogP contribution in [0.3, 0.4) is 0 Å². The van der Waals surface area contributed by atoms with Crippen LogP contribution < -0.4 is 15.0 Å². The van der Waals surface area contributed by atoms with E-state index in [-0.39, 0.29) is 11.8 Å². The van der Waals surface area contributed by atoms with E-state index in [9.17, 15) is 9.59 Å². The second-order valence-corrected chi connectivity index (χ2v) is 6.07. The number of fused-ring (bicyclic) bond motifs is 1. The number of hydrogen-bond acceptors (Lipinski definition) is 3. The van der Waals surface area contributed by atoms with E-state index in [0.29, 0.717) is 19.3 Å². The Bertz CT molecular complexity index is 771. The number of hydrogen-bond donors (Lipinski definition) is 1. The molecule has 2 amide bonds. The fourth-order valence-corrected chi connectivity index (χ4v) is 3.23. The van der Waals surface area contributed by atoms with Crippen molar-refractivity contribution in [2.75, 3.05) is 19.1 Å². The maximum Gasteiger partial charge on any atom is 0.243 e. The zero-order chi connectivity index (χ0) is 17.8. The smallest absolute Gasteiger partial charge is 0.243 e. The van der Waals surface area contributed by atoms with Gasteiger partial charge in [0.15, 0.2) is 0 Å². The molecule has 5 heteroatoms. The Kier molecular flexibility index (Phi) is 5.03. The van der Waals surface area contributed by atoms with Gasteiger partial charge in [0.25, 0.3) is 0 Å². The minimum absolute atomic E-state index is 0.0330. The zero-order valence-corrected chi connectivity index (χ0v) is 14.5. The van der Waals surface area contributed by atoms with Gasteiger partial charge in [-0.15, -0.1) is 0 Å². The van der Waals surface area contributed by atoms with E-state index >= 15 is 0 Å². The van der Waals surface area contributed by atoms with Gasteiger partial charge in [-0.3, -0.25) is 14.5 Å². The highest BCUT2D eigenvalue weighted by Crippen LogP contribution is 2.32. The number of ether oxygens (including phenoxy) is 1. The van der Waals surface area contributed by atoms with Gasteiger partial charge >= 0.3 is 0 Å². The molecule has 2 aromatic carbocycles. The van der Waals surface area contributed by atoms with Crippen LogP contribution >= 0.6 is 0 Å². The molecule has 5 nitrogen and oxygen atoms in total. The SMILES string of the molecule is CNC(=O)[C@@H]1Cc2ccccc2N1C(=O)CCc1ccc(OC)cc1. The molecule has 0 unspecified atom stereocenters. The zero-order valence-electron chi connectivity index (χ0n) is 14.5. The van der Waals surface area contributed by atoms with E-state index in [2.05, 4.69) is 5.32 Å². The van der Waals surface area contributed by atoms with Crippen molar-refractivity contribution in [3.63, 3.8) is 0 Å². The lowest BCUT2D eigenvalue weighted by Crippen LogP contribution is -2.47. The maximum atomic E-state index is 12.9. The summed E-state index contributed by atoms with van der Waals surface area (Å²) in [6.07, 6.45) is 1.54. The Hall–Kier alpha value is -2.82. The summed E-state index contributed by atoms with van der Waals surface area (Å²) >= 11 is 0. The summed E-state index contributed by atoms with van der Waals surface area (Å²) < 4.78 is 5.15. The Morgan fingerprint density at radius 3 is 2.56 bits per heavy atom. The van der Waals surface area contributed by atoms with Gasteiger partial charge in [-0.05, 0) is 35.7 Å². The van der Waals surface area contributed by atoms with Gasteiger partial charge in [0, 0.05) is 25.6 Å². The van der Waals surface area contributed by atoms with Crippen molar-refractivity contribution in [1.29, 1.82) is 0 Å². The van der Waals surface area contributed by atoms with Crippen LogP contribution in [0.2, 0.25) is 0 Å². The Morgan fingerprint density at radius 2 is 1.88 bits per heavy atom. The molecule has 0 aromatic heterocycles. The van der Waals surface area contributed by atoms with Crippen LogP contribution in [0.5, 0.6) is 5.75 Å². The molecule has 0 bridgehead atoms. The fraction of sp³-hybridized carbons (Fsp3) is 0.300. The molecule has 0 aliphatic carbocycles. The molecule has 1 aliphatic rings. The van der Waals surface area contributed by atoms with Crippen LogP contribution in [0.1, 0.15) is 17.5 Å². The molecule has 0 saturated carbocycles. The van der Waals surface area contributed by atoms with Crippen LogP contribution in [0.15, 0.2) is 48.5 Å². The number of methoxy groups -OCH3 is 1. The summed E-state index contributed by atoms with van der Waals surface area (Å²) in [7, 11) is 3.23. The number of anilines is 1. The highest BCUT2D eigenvalue weighted by molar-refractivity contribution is 6.03. The number of para-hydroxylation sites is 1. The van der Waals surface area contributed by atoms with Gasteiger partial charge in [0.05, 0.1) is 7.11 Å². The number of aryl methyl sites for hydroxylation is 1. The van der Waals surface area contributed by atoms with Crippen molar-refractivity contribution in [2.24, 2.45) is 0 Å². The van der Waals surface area contributed by atoms with Crippen LogP contribution in [0.4, 0.5) is 5.69 Å². The molecule has 1 atom stereocenters. The van der Waals surface area contributed by atoms with Crippen molar-refractivity contribution in [2.45, 2.75) is 25.3 Å². The number of nitrogens with one attached hydrogen (secondary N) is 1. The molecule has 25 heavy (non-hydrogen) atoms. The molecule has 0 radical (unpaired) electrons. The van der Waals surface area contributed by atoms with E-state index in [1.165, 1.54) is 0 Å². The van der Waals surface area contributed by atoms with E-state index in [4.69, 9.17) is 4.74 Å².